The maximum atomic E-state index is 12.8. The maximum absolute atomic E-state index is 12.8. The monoisotopic (exact) mass is 318 g/mol. The summed E-state index contributed by atoms with van der Waals surface area (Å²) in [6.07, 6.45) is 3.46. The Morgan fingerprint density at radius 2 is 1.91 bits per heavy atom. The van der Waals surface area contributed by atoms with Gasteiger partial charge in [-0.2, -0.15) is 0 Å². The quantitative estimate of drug-likeness (QED) is 0.844. The van der Waals surface area contributed by atoms with Gasteiger partial charge in [0, 0.05) is 30.8 Å². The third kappa shape index (κ3) is 2.78. The van der Waals surface area contributed by atoms with E-state index in [0.717, 1.165) is 24.1 Å². The number of H-pyrrole nitrogens is 1. The number of ketones is 1. The maximum Gasteiger partial charge on any atom is 0.308 e. The van der Waals surface area contributed by atoms with E-state index in [9.17, 15) is 14.4 Å². The highest BCUT2D eigenvalue weighted by atomic mass is 16.5. The first-order valence-corrected chi connectivity index (χ1v) is 8.14. The number of hydrogen-bond acceptors (Lipinski definition) is 4. The summed E-state index contributed by atoms with van der Waals surface area (Å²) in [5.74, 6) is -0.269. The van der Waals surface area contributed by atoms with E-state index in [2.05, 4.69) is 4.98 Å². The molecule has 1 fully saturated rings. The van der Waals surface area contributed by atoms with Crippen molar-refractivity contribution in [3.05, 3.63) is 22.5 Å². The van der Waals surface area contributed by atoms with Crippen LogP contribution in [0.15, 0.2) is 0 Å². The fraction of sp³-hybridized carbons (Fsp3) is 0.588. The van der Waals surface area contributed by atoms with E-state index in [1.165, 1.54) is 7.11 Å². The number of aromatic amines is 1. The first-order valence-electron chi connectivity index (χ1n) is 8.14. The second-order valence-electron chi connectivity index (χ2n) is 6.34. The summed E-state index contributed by atoms with van der Waals surface area (Å²) in [7, 11) is 1.39. The van der Waals surface area contributed by atoms with Crippen LogP contribution in [0, 0.1) is 12.8 Å². The number of nitrogens with one attached hydrogen (secondary N) is 1. The topological polar surface area (TPSA) is 79.5 Å². The van der Waals surface area contributed by atoms with Crippen LogP contribution in [-0.4, -0.2) is 47.7 Å². The summed E-state index contributed by atoms with van der Waals surface area (Å²) in [5.41, 5.74) is 2.90. The van der Waals surface area contributed by atoms with Crippen LogP contribution in [0.25, 0.3) is 0 Å². The number of amides is 1. The lowest BCUT2D eigenvalue weighted by Crippen LogP contribution is -2.40. The third-order valence-corrected chi connectivity index (χ3v) is 4.97. The van der Waals surface area contributed by atoms with Crippen molar-refractivity contribution in [2.45, 2.75) is 39.0 Å². The lowest BCUT2D eigenvalue weighted by atomic mass is 9.93. The van der Waals surface area contributed by atoms with Crippen molar-refractivity contribution >= 4 is 17.7 Å². The normalized spacial score (nSPS) is 18.7. The lowest BCUT2D eigenvalue weighted by molar-refractivity contribution is -0.146. The van der Waals surface area contributed by atoms with Gasteiger partial charge in [0.2, 0.25) is 0 Å². The Labute approximate surface area is 135 Å². The molecule has 0 unspecified atom stereocenters. The van der Waals surface area contributed by atoms with Crippen LogP contribution in [0.1, 0.15) is 57.8 Å². The van der Waals surface area contributed by atoms with E-state index < -0.39 is 0 Å². The molecule has 1 saturated heterocycles. The van der Waals surface area contributed by atoms with Crippen LogP contribution >= 0.6 is 0 Å². The molecule has 0 radical (unpaired) electrons. The number of carbonyl (C=O) groups is 3. The number of esters is 1. The molecular weight excluding hydrogens is 296 g/mol. The summed E-state index contributed by atoms with van der Waals surface area (Å²) < 4.78 is 4.77. The Bertz CT molecular complexity index is 654. The number of hydrogen-bond donors (Lipinski definition) is 1. The number of likely N-dealkylation sites (tertiary alicyclic amines) is 1. The van der Waals surface area contributed by atoms with E-state index in [1.807, 2.05) is 6.92 Å². The lowest BCUT2D eigenvalue weighted by Gasteiger charge is -2.30. The van der Waals surface area contributed by atoms with Crippen molar-refractivity contribution in [1.82, 2.24) is 9.88 Å². The van der Waals surface area contributed by atoms with E-state index in [-0.39, 0.29) is 23.6 Å². The molecule has 2 aliphatic rings. The largest absolute Gasteiger partial charge is 0.469 e. The highest BCUT2D eigenvalue weighted by Gasteiger charge is 2.32. The number of methoxy groups -OCH3 is 1. The van der Waals surface area contributed by atoms with Crippen LogP contribution in [0.5, 0.6) is 0 Å². The molecular formula is C17H22N2O4. The highest BCUT2D eigenvalue weighted by molar-refractivity contribution is 6.04. The first-order chi connectivity index (χ1) is 11.0. The Morgan fingerprint density at radius 1 is 1.22 bits per heavy atom. The first kappa shape index (κ1) is 15.8. The third-order valence-electron chi connectivity index (χ3n) is 4.97. The second-order valence-corrected chi connectivity index (χ2v) is 6.34. The molecule has 1 aliphatic heterocycles. The van der Waals surface area contributed by atoms with Crippen molar-refractivity contribution < 1.29 is 19.1 Å². The number of piperidine rings is 1. The summed E-state index contributed by atoms with van der Waals surface area (Å²) in [6.45, 7) is 2.92. The van der Waals surface area contributed by atoms with Crippen molar-refractivity contribution in [2.75, 3.05) is 20.2 Å². The molecule has 2 heterocycles. The van der Waals surface area contributed by atoms with Gasteiger partial charge in [-0.25, -0.2) is 0 Å². The number of aryl methyl sites for hydroxylation is 1. The van der Waals surface area contributed by atoms with E-state index in [0.29, 0.717) is 43.6 Å². The van der Waals surface area contributed by atoms with Crippen LogP contribution in [0.3, 0.4) is 0 Å². The van der Waals surface area contributed by atoms with Crippen LogP contribution < -0.4 is 0 Å². The van der Waals surface area contributed by atoms with Gasteiger partial charge in [-0.05, 0) is 38.2 Å². The van der Waals surface area contributed by atoms with E-state index >= 15 is 0 Å². The standard InChI is InChI=1S/C17H22N2O4/c1-10-14-12(4-3-5-13(14)20)18-15(10)16(21)19-8-6-11(7-9-19)17(22)23-2/h11,18H,3-9H2,1-2H3. The number of rotatable bonds is 2. The summed E-state index contributed by atoms with van der Waals surface area (Å²) in [4.78, 5) is 41.3. The number of carbonyl (C=O) groups excluding carboxylic acids is 3. The summed E-state index contributed by atoms with van der Waals surface area (Å²) in [6, 6.07) is 0. The number of fused-ring (bicyclic) bond motifs is 1. The molecule has 1 N–H and O–H groups in total. The molecule has 0 saturated carbocycles. The number of nitrogens with zero attached hydrogens (tertiary/aromatic N) is 1. The minimum atomic E-state index is -0.200. The van der Waals surface area contributed by atoms with Gasteiger partial charge in [-0.15, -0.1) is 0 Å². The fourth-order valence-electron chi connectivity index (χ4n) is 3.63. The van der Waals surface area contributed by atoms with Crippen molar-refractivity contribution in [3.63, 3.8) is 0 Å². The van der Waals surface area contributed by atoms with Crippen LogP contribution in [0.2, 0.25) is 0 Å². The molecule has 124 valence electrons. The molecule has 1 aromatic rings. The predicted octanol–water partition coefficient (Wildman–Crippen LogP) is 1.87. The molecule has 0 aromatic carbocycles. The Balaban J connectivity index is 1.75. The Kier molecular flexibility index (Phi) is 4.24. The molecule has 0 bridgehead atoms. The molecule has 23 heavy (non-hydrogen) atoms. The average molecular weight is 318 g/mol. The summed E-state index contributed by atoms with van der Waals surface area (Å²) >= 11 is 0. The Hall–Kier alpha value is -2.11. The van der Waals surface area contributed by atoms with E-state index in [4.69, 9.17) is 4.74 Å². The van der Waals surface area contributed by atoms with Crippen molar-refractivity contribution in [2.24, 2.45) is 5.92 Å². The van der Waals surface area contributed by atoms with Gasteiger partial charge in [0.1, 0.15) is 5.69 Å². The molecule has 6 heteroatoms. The van der Waals surface area contributed by atoms with Gasteiger partial charge in [0.15, 0.2) is 5.78 Å². The number of aromatic nitrogens is 1. The number of Topliss-reactive ketones (excluding diaryl/α,β-unsaturated/α-hetero) is 1. The second kappa shape index (κ2) is 6.18. The average Bonchev–Trinajstić information content (AvgIpc) is 2.92. The van der Waals surface area contributed by atoms with Crippen LogP contribution in [0.4, 0.5) is 0 Å². The van der Waals surface area contributed by atoms with Gasteiger partial charge in [-0.3, -0.25) is 14.4 Å². The van der Waals surface area contributed by atoms with Crippen molar-refractivity contribution in [1.29, 1.82) is 0 Å². The molecule has 1 aliphatic carbocycles. The van der Waals surface area contributed by atoms with Gasteiger partial charge in [-0.1, -0.05) is 0 Å². The van der Waals surface area contributed by atoms with Gasteiger partial charge < -0.3 is 14.6 Å². The number of ether oxygens (including phenoxy) is 1. The molecule has 0 spiro atoms. The zero-order valence-electron chi connectivity index (χ0n) is 13.6. The molecule has 6 nitrogen and oxygen atoms in total. The van der Waals surface area contributed by atoms with Gasteiger partial charge in [0.05, 0.1) is 13.0 Å². The smallest absolute Gasteiger partial charge is 0.308 e. The Morgan fingerprint density at radius 3 is 2.52 bits per heavy atom. The van der Waals surface area contributed by atoms with Gasteiger partial charge >= 0.3 is 5.97 Å². The molecule has 0 atom stereocenters. The summed E-state index contributed by atoms with van der Waals surface area (Å²) in [5, 5.41) is 0. The van der Waals surface area contributed by atoms with Crippen LogP contribution in [-0.2, 0) is 16.0 Å². The molecule has 3 rings (SSSR count). The fourth-order valence-corrected chi connectivity index (χ4v) is 3.63. The minimum Gasteiger partial charge on any atom is -0.469 e. The zero-order valence-corrected chi connectivity index (χ0v) is 13.6. The molecule has 1 amide bonds. The SMILES string of the molecule is COC(=O)C1CCN(C(=O)c2[nH]c3c(c2C)C(=O)CCC3)CC1. The van der Waals surface area contributed by atoms with Crippen molar-refractivity contribution in [3.8, 4) is 0 Å². The predicted molar refractivity (Wildman–Crippen MR) is 83.4 cm³/mol. The molecule has 1 aromatic heterocycles. The minimum absolute atomic E-state index is 0.0759. The zero-order chi connectivity index (χ0) is 16.6. The van der Waals surface area contributed by atoms with E-state index in [1.54, 1.807) is 4.90 Å². The van der Waals surface area contributed by atoms with Gasteiger partial charge in [0.25, 0.3) is 5.91 Å². The highest BCUT2D eigenvalue weighted by Crippen LogP contribution is 2.28.